The average molecular weight is 1510 g/mol. The zero-order valence-electron chi connectivity index (χ0n) is 67.7. The van der Waals surface area contributed by atoms with E-state index >= 15 is 0 Å². The van der Waals surface area contributed by atoms with Gasteiger partial charge in [0, 0.05) is 79.4 Å². The monoisotopic (exact) mass is 1510 g/mol. The van der Waals surface area contributed by atoms with Crippen molar-refractivity contribution in [1.29, 1.82) is 0 Å². The van der Waals surface area contributed by atoms with Crippen LogP contribution in [0.1, 0.15) is 159 Å². The molecule has 16 aromatic carbocycles. The van der Waals surface area contributed by atoms with Crippen LogP contribution in [0.2, 0.25) is 0 Å². The number of fused-ring (bicyclic) bond motifs is 12. The number of unbranched alkanes of at least 4 members (excludes halogenated alkanes) is 8. The van der Waals surface area contributed by atoms with Crippen LogP contribution in [0, 0.1) is 0 Å². The molecule has 116 heavy (non-hydrogen) atoms. The maximum absolute atomic E-state index is 11.6. The van der Waals surface area contributed by atoms with Gasteiger partial charge in [0.05, 0.1) is 0 Å². The van der Waals surface area contributed by atoms with Crippen LogP contribution in [0.25, 0.3) is 76.8 Å². The van der Waals surface area contributed by atoms with Gasteiger partial charge in [0.2, 0.25) is 0 Å². The topological polar surface area (TPSA) is 47.1 Å². The van der Waals surface area contributed by atoms with Crippen molar-refractivity contribution in [3.8, 4) is 0 Å². The van der Waals surface area contributed by atoms with Gasteiger partial charge in [-0.2, -0.15) is 0 Å². The highest BCUT2D eigenvalue weighted by Gasteiger charge is 2.23. The molecule has 0 amide bonds. The summed E-state index contributed by atoms with van der Waals surface area (Å²) in [4.78, 5) is 32.5. The number of aldehydes is 2. The summed E-state index contributed by atoms with van der Waals surface area (Å²) in [6, 6.07) is 114. The van der Waals surface area contributed by atoms with Crippen molar-refractivity contribution in [2.45, 2.75) is 130 Å². The molecule has 6 nitrogen and oxygen atoms in total. The average Bonchev–Trinajstić information content (AvgIpc) is 0.738. The molecular formula is C110H104N4O2. The van der Waals surface area contributed by atoms with Gasteiger partial charge in [0.25, 0.3) is 0 Å². The zero-order valence-corrected chi connectivity index (χ0v) is 67.7. The summed E-state index contributed by atoms with van der Waals surface area (Å²) in [5, 5.41) is 14.6. The Hall–Kier alpha value is -12.9. The number of benzene rings is 16. The van der Waals surface area contributed by atoms with Gasteiger partial charge in [-0.05, 0) is 319 Å². The Bertz CT molecular complexity index is 5280. The maximum atomic E-state index is 11.6. The van der Waals surface area contributed by atoms with E-state index in [2.05, 4.69) is 327 Å². The number of aryl methyl sites for hydroxylation is 4. The van der Waals surface area contributed by atoms with Crippen molar-refractivity contribution < 1.29 is 9.59 Å². The molecule has 16 rings (SSSR count). The highest BCUT2D eigenvalue weighted by Crippen LogP contribution is 2.47. The van der Waals surface area contributed by atoms with Crippen LogP contribution >= 0.6 is 0 Å². The highest BCUT2D eigenvalue weighted by atomic mass is 16.1. The molecule has 0 fully saturated rings. The number of nitrogens with zero attached hydrogens (tertiary/aromatic N) is 4. The van der Waals surface area contributed by atoms with E-state index < -0.39 is 0 Å². The van der Waals surface area contributed by atoms with E-state index in [4.69, 9.17) is 0 Å². The first-order chi connectivity index (χ1) is 57.2. The van der Waals surface area contributed by atoms with E-state index in [1.54, 1.807) is 0 Å². The van der Waals surface area contributed by atoms with Gasteiger partial charge in [-0.25, -0.2) is 0 Å². The summed E-state index contributed by atoms with van der Waals surface area (Å²) in [5.41, 5.74) is 22.0. The number of anilines is 12. The second-order valence-corrected chi connectivity index (χ2v) is 30.9. The fraction of sp³-hybridized carbons (Fsp3) is 0.182. The summed E-state index contributed by atoms with van der Waals surface area (Å²) < 4.78 is 0. The van der Waals surface area contributed by atoms with Crippen LogP contribution in [0.5, 0.6) is 0 Å². The number of carbonyl (C=O) groups excluding carboxylic acids is 2. The first-order valence-electron chi connectivity index (χ1n) is 42.0. The summed E-state index contributed by atoms with van der Waals surface area (Å²) in [7, 11) is 0. The third-order valence-corrected chi connectivity index (χ3v) is 23.0. The number of rotatable bonds is 32. The Labute approximate surface area is 686 Å². The Morgan fingerprint density at radius 3 is 0.578 bits per heavy atom. The van der Waals surface area contributed by atoms with Crippen LogP contribution in [0.3, 0.4) is 0 Å². The lowest BCUT2D eigenvalue weighted by molar-refractivity contribution is 0.111. The minimum atomic E-state index is 0.654. The number of hydrogen-bond acceptors (Lipinski definition) is 6. The lowest BCUT2D eigenvalue weighted by Crippen LogP contribution is -2.10. The molecule has 0 aromatic heterocycles. The number of carbonyl (C=O) groups is 2. The molecule has 0 bridgehead atoms. The van der Waals surface area contributed by atoms with Gasteiger partial charge in [0.1, 0.15) is 12.6 Å². The molecule has 0 saturated heterocycles. The van der Waals surface area contributed by atoms with Gasteiger partial charge in [-0.3, -0.25) is 9.59 Å². The molecule has 0 N–H and O–H groups in total. The lowest BCUT2D eigenvalue weighted by Gasteiger charge is -2.27. The fourth-order valence-electron chi connectivity index (χ4n) is 16.7. The lowest BCUT2D eigenvalue weighted by atomic mass is 9.93. The van der Waals surface area contributed by atoms with E-state index in [1.807, 2.05) is 60.7 Å². The molecule has 576 valence electrons. The molecule has 0 radical (unpaired) electrons. The van der Waals surface area contributed by atoms with E-state index in [-0.39, 0.29) is 0 Å². The first kappa shape index (κ1) is 78.4. The van der Waals surface area contributed by atoms with E-state index in [0.29, 0.717) is 11.1 Å². The van der Waals surface area contributed by atoms with Crippen LogP contribution in [-0.2, 0) is 25.7 Å². The third-order valence-electron chi connectivity index (χ3n) is 23.0. The summed E-state index contributed by atoms with van der Waals surface area (Å²) >= 11 is 0. The SMILES string of the molecule is C=Cc1ccc(N(c2ccc(CCCCC)cc2)c2ccc3c4ccc(N(c5ccc(C=C)cc5)c5ccc(CCCCC)cc5)cc4c4ccccc4c3c2)cc1.CCCCCc1ccc(N(c2ccc(C=O)cc2)c2ccc3c4ccc(N(c5ccc(C=O)cc5)c5ccc(CCCCC)cc5)cc4c4ccccc4c3c2)cc1. The summed E-state index contributed by atoms with van der Waals surface area (Å²) in [6.07, 6.45) is 24.7. The standard InChI is InChI=1S/C56H54N2.C54H50N2O2/c1-5-9-11-15-43-23-31-47(32-24-43)57(45-27-19-41(7-3)20-28-45)49-35-37-53-54-38-36-50(40-56(54)52-18-14-13-17-51(52)55(53)39-49)58(46-29-21-42(8-4)22-30-46)48-33-25-44(26-34-48)16-12-10-6-2;1-3-5-7-11-39-15-23-43(24-16-39)55(45-27-19-41(37-57)20-28-45)47-31-33-51-52-34-32-48(36-54(52)50-14-10-9-13-49(50)53(51)35-47)56(46-29-21-42(38-58)22-30-46)44-25-17-40(18-26-44)12-8-6-4-2/h7-8,13-14,17-40H,3-6,9-12,15-16H2,1-2H3;9-10,13-38H,3-8,11-12H2,1-2H3. The number of hydrogen-bond donors (Lipinski definition) is 0. The molecule has 0 heterocycles. The molecule has 0 aliphatic carbocycles. The molecule has 0 aliphatic heterocycles. The largest absolute Gasteiger partial charge is 0.310 e. The van der Waals surface area contributed by atoms with Crippen LogP contribution in [-0.4, -0.2) is 12.6 Å². The predicted octanol–water partition coefficient (Wildman–Crippen LogP) is 32.0. The summed E-state index contributed by atoms with van der Waals surface area (Å²) in [6.45, 7) is 17.0. The van der Waals surface area contributed by atoms with Crippen molar-refractivity contribution in [2.24, 2.45) is 0 Å². The van der Waals surface area contributed by atoms with Crippen molar-refractivity contribution in [3.05, 3.63) is 373 Å². The molecule has 0 saturated carbocycles. The van der Waals surface area contributed by atoms with Crippen molar-refractivity contribution >= 4 is 158 Å². The van der Waals surface area contributed by atoms with Gasteiger partial charge < -0.3 is 19.6 Å². The molecule has 6 heteroatoms. The zero-order chi connectivity index (χ0) is 79.7. The van der Waals surface area contributed by atoms with Crippen LogP contribution in [0.15, 0.2) is 329 Å². The van der Waals surface area contributed by atoms with E-state index in [1.165, 1.54) is 164 Å². The second-order valence-electron chi connectivity index (χ2n) is 30.9. The van der Waals surface area contributed by atoms with Gasteiger partial charge in [-0.1, -0.05) is 250 Å². The quantitative estimate of drug-likeness (QED) is 0.0238. The van der Waals surface area contributed by atoms with Gasteiger partial charge in [0.15, 0.2) is 0 Å². The van der Waals surface area contributed by atoms with E-state index in [0.717, 1.165) is 118 Å². The molecular weight excluding hydrogens is 1410 g/mol. The third kappa shape index (κ3) is 17.4. The Kier molecular flexibility index (Phi) is 25.3. The highest BCUT2D eigenvalue weighted by molar-refractivity contribution is 6.28. The summed E-state index contributed by atoms with van der Waals surface area (Å²) in [5.74, 6) is 0. The minimum absolute atomic E-state index is 0.654. The minimum Gasteiger partial charge on any atom is -0.310 e. The maximum Gasteiger partial charge on any atom is 0.150 e. The van der Waals surface area contributed by atoms with Gasteiger partial charge in [-0.15, -0.1) is 0 Å². The molecule has 0 spiro atoms. The van der Waals surface area contributed by atoms with Crippen molar-refractivity contribution in [2.75, 3.05) is 19.6 Å². The molecule has 0 atom stereocenters. The fourth-order valence-corrected chi connectivity index (χ4v) is 16.7. The smallest absolute Gasteiger partial charge is 0.150 e. The van der Waals surface area contributed by atoms with Crippen LogP contribution in [0.4, 0.5) is 68.2 Å². The van der Waals surface area contributed by atoms with Crippen LogP contribution < -0.4 is 19.6 Å². The Morgan fingerprint density at radius 2 is 0.388 bits per heavy atom. The second kappa shape index (κ2) is 37.4. The predicted molar refractivity (Wildman–Crippen MR) is 501 cm³/mol. The van der Waals surface area contributed by atoms with Crippen molar-refractivity contribution in [3.63, 3.8) is 0 Å². The Balaban J connectivity index is 0.000000182. The molecule has 0 aliphatic rings. The molecule has 0 unspecified atom stereocenters. The Morgan fingerprint density at radius 1 is 0.207 bits per heavy atom. The van der Waals surface area contributed by atoms with E-state index in [9.17, 15) is 9.59 Å². The van der Waals surface area contributed by atoms with Crippen molar-refractivity contribution in [1.82, 2.24) is 0 Å². The molecule has 16 aromatic rings. The van der Waals surface area contributed by atoms with Gasteiger partial charge >= 0.3 is 0 Å². The normalized spacial score (nSPS) is 11.3. The first-order valence-corrected chi connectivity index (χ1v) is 42.0.